The van der Waals surface area contributed by atoms with E-state index in [1.807, 2.05) is 0 Å². The molecule has 0 unspecified atom stereocenters. The summed E-state index contributed by atoms with van der Waals surface area (Å²) >= 11 is 0. The molecule has 0 fully saturated rings. The monoisotopic (exact) mass is 529 g/mol. The number of halogens is 2. The topological polar surface area (TPSA) is 33.5 Å². The molecule has 4 nitrogen and oxygen atoms in total. The van der Waals surface area contributed by atoms with E-state index < -0.39 is 11.6 Å². The first kappa shape index (κ1) is 29.9. The van der Waals surface area contributed by atoms with Gasteiger partial charge >= 0.3 is 0 Å². The summed E-state index contributed by atoms with van der Waals surface area (Å²) in [5.41, 5.74) is 4.58. The van der Waals surface area contributed by atoms with Gasteiger partial charge in [-0.3, -0.25) is 0 Å². The van der Waals surface area contributed by atoms with Crippen molar-refractivity contribution in [3.63, 3.8) is 0 Å². The second kappa shape index (κ2) is 15.7. The van der Waals surface area contributed by atoms with E-state index in [9.17, 15) is 8.78 Å². The van der Waals surface area contributed by atoms with Gasteiger partial charge in [-0.25, -0.2) is 13.4 Å². The number of hydrogen-bond acceptors (Lipinski definition) is 3. The van der Waals surface area contributed by atoms with E-state index >= 15 is 0 Å². The highest BCUT2D eigenvalue weighted by atomic mass is 19.1. The molecule has 0 saturated carbocycles. The van der Waals surface area contributed by atoms with Crippen LogP contribution in [0.15, 0.2) is 24.3 Å². The SMILES string of the molecule is CCCCCCCNc1c2c(cc(OC)c1OC)C(CCCCCCC)=[N+](Cc1c(F)cccc1F)CC2. The Hall–Kier alpha value is -2.63. The molecule has 0 saturated heterocycles. The van der Waals surface area contributed by atoms with Crippen LogP contribution in [0, 0.1) is 11.6 Å². The smallest absolute Gasteiger partial charge is 0.184 e. The summed E-state index contributed by atoms with van der Waals surface area (Å²) in [6.45, 7) is 6.24. The Morgan fingerprint density at radius 3 is 2.16 bits per heavy atom. The van der Waals surface area contributed by atoms with Gasteiger partial charge in [0, 0.05) is 19.4 Å². The van der Waals surface area contributed by atoms with Gasteiger partial charge < -0.3 is 14.8 Å². The van der Waals surface area contributed by atoms with Crippen LogP contribution in [-0.2, 0) is 13.0 Å². The highest BCUT2D eigenvalue weighted by Crippen LogP contribution is 2.42. The van der Waals surface area contributed by atoms with E-state index in [4.69, 9.17) is 9.47 Å². The van der Waals surface area contributed by atoms with Gasteiger partial charge in [0.2, 0.25) is 0 Å². The summed E-state index contributed by atoms with van der Waals surface area (Å²) in [4.78, 5) is 0. The molecule has 210 valence electrons. The molecule has 0 bridgehead atoms. The van der Waals surface area contributed by atoms with Crippen molar-refractivity contribution >= 4 is 11.4 Å². The number of nitrogens with zero attached hydrogens (tertiary/aromatic N) is 1. The van der Waals surface area contributed by atoms with Crippen LogP contribution in [-0.4, -0.2) is 37.6 Å². The molecule has 0 radical (unpaired) electrons. The predicted octanol–water partition coefficient (Wildman–Crippen LogP) is 8.28. The second-order valence-electron chi connectivity index (χ2n) is 10.3. The Morgan fingerprint density at radius 1 is 0.868 bits per heavy atom. The molecule has 0 atom stereocenters. The number of rotatable bonds is 17. The zero-order valence-electron chi connectivity index (χ0n) is 23.9. The van der Waals surface area contributed by atoms with Gasteiger partial charge in [0.05, 0.1) is 31.0 Å². The normalized spacial score (nSPS) is 13.0. The first-order valence-corrected chi connectivity index (χ1v) is 14.6. The molecule has 3 rings (SSSR count). The molecule has 2 aromatic rings. The van der Waals surface area contributed by atoms with Gasteiger partial charge in [-0.1, -0.05) is 71.3 Å². The summed E-state index contributed by atoms with van der Waals surface area (Å²) < 4.78 is 43.0. The molecule has 0 amide bonds. The van der Waals surface area contributed by atoms with E-state index in [-0.39, 0.29) is 12.1 Å². The lowest BCUT2D eigenvalue weighted by Gasteiger charge is -2.25. The molecule has 0 spiro atoms. The van der Waals surface area contributed by atoms with Crippen LogP contribution in [0.3, 0.4) is 0 Å². The zero-order valence-corrected chi connectivity index (χ0v) is 23.9. The number of fused-ring (bicyclic) bond motifs is 1. The molecular weight excluding hydrogens is 482 g/mol. The average Bonchev–Trinajstić information content (AvgIpc) is 2.92. The number of methoxy groups -OCH3 is 2. The van der Waals surface area contributed by atoms with E-state index in [0.717, 1.165) is 61.4 Å². The van der Waals surface area contributed by atoms with Crippen molar-refractivity contribution in [3.05, 3.63) is 52.6 Å². The molecule has 1 heterocycles. The average molecular weight is 530 g/mol. The lowest BCUT2D eigenvalue weighted by atomic mass is 9.90. The van der Waals surface area contributed by atoms with Crippen LogP contribution in [0.25, 0.3) is 0 Å². The van der Waals surface area contributed by atoms with Crippen molar-refractivity contribution in [2.45, 2.75) is 97.4 Å². The first-order valence-electron chi connectivity index (χ1n) is 14.6. The maximum absolute atomic E-state index is 14.6. The first-order chi connectivity index (χ1) is 18.5. The van der Waals surface area contributed by atoms with Crippen LogP contribution in [0.5, 0.6) is 11.5 Å². The molecular formula is C32H47F2N2O2+. The summed E-state index contributed by atoms with van der Waals surface area (Å²) in [5, 5.41) is 3.67. The quantitative estimate of drug-likeness (QED) is 0.165. The van der Waals surface area contributed by atoms with E-state index in [2.05, 4.69) is 29.8 Å². The highest BCUT2D eigenvalue weighted by molar-refractivity contribution is 6.01. The van der Waals surface area contributed by atoms with E-state index in [0.29, 0.717) is 12.3 Å². The minimum absolute atomic E-state index is 0.130. The third-order valence-electron chi connectivity index (χ3n) is 7.61. The Bertz CT molecular complexity index is 1050. The Balaban J connectivity index is 1.99. The molecule has 2 aromatic carbocycles. The van der Waals surface area contributed by atoms with Gasteiger partial charge in [0.15, 0.2) is 23.8 Å². The molecule has 0 aliphatic carbocycles. The standard InChI is InChI=1S/C32H47F2N2O2/c1-5-7-9-11-13-18-29-25-22-30(37-3)32(38-4)31(35-20-14-12-10-8-6-2)24(25)19-21-36(29)23-26-27(33)16-15-17-28(26)34/h15-17,22,35H,5-14,18-21,23H2,1-4H3/q+1. The lowest BCUT2D eigenvalue weighted by Crippen LogP contribution is -2.31. The van der Waals surface area contributed by atoms with Gasteiger partial charge in [-0.2, -0.15) is 0 Å². The maximum atomic E-state index is 14.6. The molecule has 38 heavy (non-hydrogen) atoms. The van der Waals surface area contributed by atoms with Gasteiger partial charge in [-0.05, 0) is 36.6 Å². The summed E-state index contributed by atoms with van der Waals surface area (Å²) in [5.74, 6) is 0.435. The van der Waals surface area contributed by atoms with Gasteiger partial charge in [0.25, 0.3) is 0 Å². The van der Waals surface area contributed by atoms with Crippen LogP contribution in [0.4, 0.5) is 14.5 Å². The van der Waals surface area contributed by atoms with Crippen LogP contribution in [0.2, 0.25) is 0 Å². The highest BCUT2D eigenvalue weighted by Gasteiger charge is 2.32. The van der Waals surface area contributed by atoms with Crippen molar-refractivity contribution < 1.29 is 22.8 Å². The molecule has 6 heteroatoms. The van der Waals surface area contributed by atoms with Crippen molar-refractivity contribution in [1.29, 1.82) is 0 Å². The largest absolute Gasteiger partial charge is 0.493 e. The fourth-order valence-electron chi connectivity index (χ4n) is 5.47. The fourth-order valence-corrected chi connectivity index (χ4v) is 5.47. The van der Waals surface area contributed by atoms with Crippen LogP contribution < -0.4 is 14.8 Å². The van der Waals surface area contributed by atoms with E-state index in [1.165, 1.54) is 68.7 Å². The van der Waals surface area contributed by atoms with Crippen molar-refractivity contribution in [2.24, 2.45) is 0 Å². The van der Waals surface area contributed by atoms with Crippen LogP contribution >= 0.6 is 0 Å². The van der Waals surface area contributed by atoms with Gasteiger partial charge in [0.1, 0.15) is 18.2 Å². The van der Waals surface area contributed by atoms with E-state index in [1.54, 1.807) is 14.2 Å². The summed E-state index contributed by atoms with van der Waals surface area (Å²) in [6, 6.07) is 6.18. The third-order valence-corrected chi connectivity index (χ3v) is 7.61. The number of hydrogen-bond donors (Lipinski definition) is 1. The Labute approximate surface area is 228 Å². The number of unbranched alkanes of at least 4 members (excludes halogenated alkanes) is 8. The minimum atomic E-state index is -0.490. The number of anilines is 1. The van der Waals surface area contributed by atoms with Crippen molar-refractivity contribution in [2.75, 3.05) is 32.6 Å². The number of benzene rings is 2. The summed E-state index contributed by atoms with van der Waals surface area (Å²) in [6.07, 6.45) is 13.5. The zero-order chi connectivity index (χ0) is 27.3. The second-order valence-corrected chi connectivity index (χ2v) is 10.3. The Kier molecular flexibility index (Phi) is 12.4. The summed E-state index contributed by atoms with van der Waals surface area (Å²) in [7, 11) is 3.35. The maximum Gasteiger partial charge on any atom is 0.184 e. The molecule has 1 aliphatic heterocycles. The number of ether oxygens (including phenoxy) is 2. The molecule has 1 aliphatic rings. The predicted molar refractivity (Wildman–Crippen MR) is 153 cm³/mol. The van der Waals surface area contributed by atoms with Crippen molar-refractivity contribution in [3.8, 4) is 11.5 Å². The lowest BCUT2D eigenvalue weighted by molar-refractivity contribution is -0.546. The van der Waals surface area contributed by atoms with Gasteiger partial charge in [-0.15, -0.1) is 0 Å². The minimum Gasteiger partial charge on any atom is -0.493 e. The fraction of sp³-hybridized carbons (Fsp3) is 0.594. The molecule has 0 aromatic heterocycles. The Morgan fingerprint density at radius 2 is 1.53 bits per heavy atom. The third kappa shape index (κ3) is 7.70. The molecule has 1 N–H and O–H groups in total. The van der Waals surface area contributed by atoms with Crippen LogP contribution in [0.1, 0.15) is 101 Å². The van der Waals surface area contributed by atoms with Crippen molar-refractivity contribution in [1.82, 2.24) is 0 Å². The number of nitrogens with one attached hydrogen (secondary N) is 1.